The zero-order valence-electron chi connectivity index (χ0n) is 9.13. The Kier molecular flexibility index (Phi) is 2.38. The van der Waals surface area contributed by atoms with E-state index in [1.54, 1.807) is 24.3 Å². The lowest BCUT2D eigenvalue weighted by molar-refractivity contribution is 0.0926. The average molecular weight is 259 g/mol. The van der Waals surface area contributed by atoms with Gasteiger partial charge >= 0.3 is 0 Å². The van der Waals surface area contributed by atoms with Crippen LogP contribution >= 0.6 is 11.6 Å². The lowest BCUT2D eigenvalue weighted by Crippen LogP contribution is -2.29. The van der Waals surface area contributed by atoms with E-state index < -0.39 is 5.91 Å². The number of hydrogen-bond acceptors (Lipinski definition) is 3. The third-order valence-corrected chi connectivity index (χ3v) is 3.10. The molecule has 1 aliphatic heterocycles. The van der Waals surface area contributed by atoms with Gasteiger partial charge in [-0.1, -0.05) is 23.7 Å². The summed E-state index contributed by atoms with van der Waals surface area (Å²) in [4.78, 5) is 29.3. The van der Waals surface area contributed by atoms with E-state index in [9.17, 15) is 9.59 Å². The van der Waals surface area contributed by atoms with Crippen molar-refractivity contribution < 1.29 is 9.59 Å². The summed E-state index contributed by atoms with van der Waals surface area (Å²) in [7, 11) is 0. The predicted molar refractivity (Wildman–Crippen MR) is 66.8 cm³/mol. The number of rotatable bonds is 1. The highest BCUT2D eigenvalue weighted by atomic mass is 35.5. The first kappa shape index (κ1) is 10.9. The van der Waals surface area contributed by atoms with E-state index in [1.807, 2.05) is 0 Å². The molecule has 5 heteroatoms. The van der Waals surface area contributed by atoms with Crippen LogP contribution < -0.4 is 4.90 Å². The van der Waals surface area contributed by atoms with E-state index in [-0.39, 0.29) is 5.91 Å². The summed E-state index contributed by atoms with van der Waals surface area (Å²) in [5.74, 6) is -0.762. The first-order valence-corrected chi connectivity index (χ1v) is 5.65. The Hall–Kier alpha value is -2.20. The molecule has 0 fully saturated rings. The second-order valence-electron chi connectivity index (χ2n) is 3.82. The van der Waals surface area contributed by atoms with Crippen molar-refractivity contribution in [2.45, 2.75) is 0 Å². The molecule has 4 nitrogen and oxygen atoms in total. The minimum atomic E-state index is -0.392. The molecule has 2 aromatic rings. The van der Waals surface area contributed by atoms with Crippen molar-refractivity contribution in [3.8, 4) is 0 Å². The van der Waals surface area contributed by atoms with Crippen molar-refractivity contribution in [3.63, 3.8) is 0 Å². The highest BCUT2D eigenvalue weighted by Crippen LogP contribution is 2.32. The molecule has 2 amide bonds. The number of hydrogen-bond donors (Lipinski definition) is 0. The molecule has 0 bridgehead atoms. The maximum atomic E-state index is 12.2. The Bertz CT molecular complexity index is 635. The van der Waals surface area contributed by atoms with Gasteiger partial charge in [-0.3, -0.25) is 14.6 Å². The minimum Gasteiger partial charge on any atom is -0.268 e. The quantitative estimate of drug-likeness (QED) is 0.739. The van der Waals surface area contributed by atoms with Crippen molar-refractivity contribution in [1.29, 1.82) is 0 Å². The van der Waals surface area contributed by atoms with Crippen LogP contribution in [-0.2, 0) is 0 Å². The summed E-state index contributed by atoms with van der Waals surface area (Å²) in [6.45, 7) is 0. The van der Waals surface area contributed by atoms with Crippen LogP contribution in [0.15, 0.2) is 42.7 Å². The summed E-state index contributed by atoms with van der Waals surface area (Å²) < 4.78 is 0. The number of pyridine rings is 1. The van der Waals surface area contributed by atoms with Gasteiger partial charge in [0.2, 0.25) is 0 Å². The number of aromatic nitrogens is 1. The summed E-state index contributed by atoms with van der Waals surface area (Å²) >= 11 is 6.02. The van der Waals surface area contributed by atoms with Gasteiger partial charge in [-0.2, -0.15) is 0 Å². The molecule has 0 saturated carbocycles. The van der Waals surface area contributed by atoms with Crippen LogP contribution in [0.5, 0.6) is 0 Å². The van der Waals surface area contributed by atoms with Gasteiger partial charge in [0.25, 0.3) is 11.8 Å². The fraction of sp³-hybridized carbons (Fsp3) is 0. The Labute approximate surface area is 108 Å². The highest BCUT2D eigenvalue weighted by Gasteiger charge is 2.37. The maximum Gasteiger partial charge on any atom is 0.267 e. The van der Waals surface area contributed by atoms with Crippen molar-refractivity contribution >= 4 is 29.1 Å². The second kappa shape index (κ2) is 3.92. The summed E-state index contributed by atoms with van der Waals surface area (Å²) in [6, 6.07) is 8.27. The molecule has 0 N–H and O–H groups in total. The fourth-order valence-corrected chi connectivity index (χ4v) is 2.16. The molecule has 1 aromatic carbocycles. The Balaban J connectivity index is 2.16. The molecule has 0 atom stereocenters. The number of imide groups is 1. The first-order chi connectivity index (χ1) is 8.70. The molecule has 3 rings (SSSR count). The van der Waals surface area contributed by atoms with Crippen molar-refractivity contribution in [3.05, 3.63) is 58.9 Å². The van der Waals surface area contributed by atoms with Gasteiger partial charge in [0.1, 0.15) is 0 Å². The molecule has 0 spiro atoms. The molecule has 2 heterocycles. The highest BCUT2D eigenvalue weighted by molar-refractivity contribution is 6.39. The summed E-state index contributed by atoms with van der Waals surface area (Å²) in [6.07, 6.45) is 2.88. The van der Waals surface area contributed by atoms with E-state index in [0.29, 0.717) is 21.8 Å². The van der Waals surface area contributed by atoms with Gasteiger partial charge in [0, 0.05) is 12.4 Å². The van der Waals surface area contributed by atoms with Crippen molar-refractivity contribution in [1.82, 2.24) is 4.98 Å². The third kappa shape index (κ3) is 1.43. The van der Waals surface area contributed by atoms with Crippen LogP contribution in [0.3, 0.4) is 0 Å². The van der Waals surface area contributed by atoms with Crippen LogP contribution in [0.2, 0.25) is 5.02 Å². The van der Waals surface area contributed by atoms with Crippen LogP contribution in [0.1, 0.15) is 20.7 Å². The first-order valence-electron chi connectivity index (χ1n) is 5.27. The smallest absolute Gasteiger partial charge is 0.267 e. The largest absolute Gasteiger partial charge is 0.268 e. The zero-order chi connectivity index (χ0) is 12.7. The maximum absolute atomic E-state index is 12.2. The molecular weight excluding hydrogens is 252 g/mol. The number of anilines is 1. The predicted octanol–water partition coefficient (Wildman–Crippen LogP) is 2.54. The van der Waals surface area contributed by atoms with Crippen LogP contribution in [0.25, 0.3) is 0 Å². The molecule has 0 aliphatic carbocycles. The molecule has 0 radical (unpaired) electrons. The van der Waals surface area contributed by atoms with Gasteiger partial charge < -0.3 is 0 Å². The molecule has 88 valence electrons. The zero-order valence-corrected chi connectivity index (χ0v) is 9.89. The summed E-state index contributed by atoms with van der Waals surface area (Å²) in [5.41, 5.74) is 1.06. The standard InChI is InChI=1S/C13H7ClN2O2/c14-10-3-1-2-4-11(10)16-12(17)8-5-6-15-7-9(8)13(16)18/h1-7H. The van der Waals surface area contributed by atoms with Gasteiger partial charge in [-0.15, -0.1) is 0 Å². The van der Waals surface area contributed by atoms with Crippen LogP contribution in [-0.4, -0.2) is 16.8 Å². The molecule has 0 unspecified atom stereocenters. The van der Waals surface area contributed by atoms with Crippen LogP contribution in [0.4, 0.5) is 5.69 Å². The number of amides is 2. The number of fused-ring (bicyclic) bond motifs is 1. The number of halogens is 1. The van der Waals surface area contributed by atoms with Crippen LogP contribution in [0, 0.1) is 0 Å². The lowest BCUT2D eigenvalue weighted by Gasteiger charge is -2.14. The SMILES string of the molecule is O=C1c2ccncc2C(=O)N1c1ccccc1Cl. The van der Waals surface area contributed by atoms with Gasteiger partial charge in [0.15, 0.2) is 0 Å². The minimum absolute atomic E-state index is 0.308. The molecule has 1 aromatic heterocycles. The second-order valence-corrected chi connectivity index (χ2v) is 4.23. The fourth-order valence-electron chi connectivity index (χ4n) is 1.94. The van der Waals surface area contributed by atoms with Crippen molar-refractivity contribution in [2.75, 3.05) is 4.90 Å². The van der Waals surface area contributed by atoms with E-state index in [4.69, 9.17) is 11.6 Å². The number of nitrogens with zero attached hydrogens (tertiary/aromatic N) is 2. The normalized spacial score (nSPS) is 13.9. The molecule has 0 saturated heterocycles. The molecule has 18 heavy (non-hydrogen) atoms. The average Bonchev–Trinajstić information content (AvgIpc) is 2.64. The molecular formula is C13H7ClN2O2. The Morgan fingerprint density at radius 1 is 1.00 bits per heavy atom. The Morgan fingerprint density at radius 3 is 2.44 bits per heavy atom. The lowest BCUT2D eigenvalue weighted by atomic mass is 10.2. The molecule has 1 aliphatic rings. The Morgan fingerprint density at radius 2 is 1.72 bits per heavy atom. The van der Waals surface area contributed by atoms with E-state index in [0.717, 1.165) is 4.90 Å². The van der Waals surface area contributed by atoms with Gasteiger partial charge in [-0.05, 0) is 18.2 Å². The van der Waals surface area contributed by atoms with Crippen molar-refractivity contribution in [2.24, 2.45) is 0 Å². The number of para-hydroxylation sites is 1. The van der Waals surface area contributed by atoms with Gasteiger partial charge in [-0.25, -0.2) is 4.90 Å². The number of benzene rings is 1. The number of carbonyl (C=O) groups excluding carboxylic acids is 2. The monoisotopic (exact) mass is 258 g/mol. The third-order valence-electron chi connectivity index (χ3n) is 2.78. The van der Waals surface area contributed by atoms with E-state index in [2.05, 4.69) is 4.98 Å². The topological polar surface area (TPSA) is 50.3 Å². The number of carbonyl (C=O) groups is 2. The van der Waals surface area contributed by atoms with E-state index >= 15 is 0 Å². The summed E-state index contributed by atoms with van der Waals surface area (Å²) in [5, 5.41) is 0.361. The van der Waals surface area contributed by atoms with E-state index in [1.165, 1.54) is 18.5 Å². The van der Waals surface area contributed by atoms with Gasteiger partial charge in [0.05, 0.1) is 21.8 Å².